The molecule has 4 rings (SSSR count). The van der Waals surface area contributed by atoms with Crippen molar-refractivity contribution in [2.45, 2.75) is 10.6 Å². The van der Waals surface area contributed by atoms with Crippen molar-refractivity contribution in [2.75, 3.05) is 0 Å². The molecule has 2 aromatic heterocycles. The average molecular weight is 444 g/mol. The molecule has 0 radical (unpaired) electrons. The molecule has 0 amide bonds. The van der Waals surface area contributed by atoms with Crippen LogP contribution in [-0.2, 0) is 15.6 Å². The molecule has 2 aromatic carbocycles. The number of halogens is 1. The maximum atomic E-state index is 12.9. The molecule has 0 spiro atoms. The highest BCUT2D eigenvalue weighted by atomic mass is 35.5. The molecule has 0 aliphatic rings. The predicted molar refractivity (Wildman–Crippen MR) is 111 cm³/mol. The largest absolute Gasteiger partial charge is 0.477 e. The summed E-state index contributed by atoms with van der Waals surface area (Å²) in [6.07, 6.45) is 0. The molecule has 0 atom stereocenters. The minimum Gasteiger partial charge on any atom is -0.477 e. The van der Waals surface area contributed by atoms with Gasteiger partial charge in [-0.25, -0.2) is 27.6 Å². The number of carboxylic acids is 1. The van der Waals surface area contributed by atoms with Crippen LogP contribution in [0.2, 0.25) is 5.02 Å². The Morgan fingerprint density at radius 1 is 1.10 bits per heavy atom. The van der Waals surface area contributed by atoms with Gasteiger partial charge in [0.25, 0.3) is 0 Å². The van der Waals surface area contributed by atoms with Crippen molar-refractivity contribution >= 4 is 38.6 Å². The number of carbonyl (C=O) groups is 1. The standard InChI is InChI=1S/C20H14ClN3O5S/c21-14-7-6-13(30(28,29)11-12-4-2-1-3-5-12)10-17(14)24-18-15(23-20(24)27)8-9-16(22-18)19(25)26/h1-10H,11H2,(H,23,27)(H,25,26). The average Bonchev–Trinajstić information content (AvgIpc) is 3.03. The Hall–Kier alpha value is -3.43. The van der Waals surface area contributed by atoms with Crippen molar-refractivity contribution in [1.29, 1.82) is 0 Å². The first-order chi connectivity index (χ1) is 14.3. The van der Waals surface area contributed by atoms with Crippen LogP contribution in [0.3, 0.4) is 0 Å². The number of rotatable bonds is 5. The van der Waals surface area contributed by atoms with Crippen LogP contribution in [-0.4, -0.2) is 34.0 Å². The second-order valence-corrected chi connectivity index (χ2v) is 8.89. The summed E-state index contributed by atoms with van der Waals surface area (Å²) in [5.74, 6) is -1.48. The van der Waals surface area contributed by atoms with Crippen LogP contribution < -0.4 is 5.69 Å². The Balaban J connectivity index is 1.87. The van der Waals surface area contributed by atoms with Crippen molar-refractivity contribution in [1.82, 2.24) is 14.5 Å². The number of fused-ring (bicyclic) bond motifs is 1. The SMILES string of the molecule is O=C(O)c1ccc2[nH]c(=O)n(-c3cc(S(=O)(=O)Cc4ccccc4)ccc3Cl)c2n1. The predicted octanol–water partition coefficient (Wildman–Crippen LogP) is 3.04. The minimum absolute atomic E-state index is 0.0265. The molecule has 0 aliphatic heterocycles. The number of aromatic nitrogens is 3. The first-order valence-corrected chi connectivity index (χ1v) is 10.7. The third-order valence-electron chi connectivity index (χ3n) is 4.47. The van der Waals surface area contributed by atoms with Gasteiger partial charge in [-0.1, -0.05) is 41.9 Å². The van der Waals surface area contributed by atoms with Gasteiger partial charge in [-0.3, -0.25) is 0 Å². The van der Waals surface area contributed by atoms with Crippen LogP contribution in [0.1, 0.15) is 16.1 Å². The number of nitrogens with zero attached hydrogens (tertiary/aromatic N) is 2. The van der Waals surface area contributed by atoms with E-state index in [1.165, 1.54) is 30.3 Å². The smallest absolute Gasteiger partial charge is 0.354 e. The third-order valence-corrected chi connectivity index (χ3v) is 6.47. The molecular formula is C20H14ClN3O5S. The highest BCUT2D eigenvalue weighted by Crippen LogP contribution is 2.27. The Bertz CT molecular complexity index is 1440. The summed E-state index contributed by atoms with van der Waals surface area (Å²) in [5.41, 5.74) is 0.125. The van der Waals surface area contributed by atoms with E-state index in [2.05, 4.69) is 9.97 Å². The number of carboxylic acid groups (broad SMARTS) is 1. The van der Waals surface area contributed by atoms with Gasteiger partial charge in [0, 0.05) is 0 Å². The Morgan fingerprint density at radius 2 is 1.83 bits per heavy atom. The summed E-state index contributed by atoms with van der Waals surface area (Å²) in [7, 11) is -3.73. The fraction of sp³-hybridized carbons (Fsp3) is 0.0500. The molecule has 10 heteroatoms. The second-order valence-electron chi connectivity index (χ2n) is 6.50. The van der Waals surface area contributed by atoms with Gasteiger partial charge >= 0.3 is 11.7 Å². The van der Waals surface area contributed by atoms with Crippen molar-refractivity contribution in [3.05, 3.63) is 87.4 Å². The fourth-order valence-electron chi connectivity index (χ4n) is 3.06. The molecular weight excluding hydrogens is 430 g/mol. The highest BCUT2D eigenvalue weighted by molar-refractivity contribution is 7.90. The number of benzene rings is 2. The summed E-state index contributed by atoms with van der Waals surface area (Å²) in [5, 5.41) is 9.30. The fourth-order valence-corrected chi connectivity index (χ4v) is 4.63. The molecule has 2 heterocycles. The summed E-state index contributed by atoms with van der Waals surface area (Å²) >= 11 is 6.26. The van der Waals surface area contributed by atoms with Gasteiger partial charge in [0.15, 0.2) is 21.2 Å². The zero-order chi connectivity index (χ0) is 21.5. The van der Waals surface area contributed by atoms with Crippen LogP contribution in [0, 0.1) is 0 Å². The van der Waals surface area contributed by atoms with E-state index in [1.54, 1.807) is 30.3 Å². The van der Waals surface area contributed by atoms with Gasteiger partial charge < -0.3 is 10.1 Å². The number of hydrogen-bond donors (Lipinski definition) is 2. The number of nitrogens with one attached hydrogen (secondary N) is 1. The molecule has 2 N–H and O–H groups in total. The van der Waals surface area contributed by atoms with Crippen LogP contribution >= 0.6 is 11.6 Å². The second kappa shape index (κ2) is 7.43. The monoisotopic (exact) mass is 443 g/mol. The topological polar surface area (TPSA) is 122 Å². The molecule has 0 saturated carbocycles. The minimum atomic E-state index is -3.73. The molecule has 0 saturated heterocycles. The Labute approximate surface area is 175 Å². The number of imidazole rings is 1. The summed E-state index contributed by atoms with van der Waals surface area (Å²) in [6, 6.07) is 15.4. The van der Waals surface area contributed by atoms with Gasteiger partial charge in [0.05, 0.1) is 26.9 Å². The number of aromatic amines is 1. The lowest BCUT2D eigenvalue weighted by atomic mass is 10.2. The lowest BCUT2D eigenvalue weighted by molar-refractivity contribution is 0.0691. The molecule has 0 aliphatic carbocycles. The lowest BCUT2D eigenvalue weighted by Gasteiger charge is -2.10. The first-order valence-electron chi connectivity index (χ1n) is 8.68. The van der Waals surface area contributed by atoms with E-state index in [1.807, 2.05) is 0 Å². The van der Waals surface area contributed by atoms with Gasteiger partial charge in [0.2, 0.25) is 0 Å². The number of sulfone groups is 1. The van der Waals surface area contributed by atoms with E-state index in [-0.39, 0.29) is 32.7 Å². The summed E-state index contributed by atoms with van der Waals surface area (Å²) in [6.45, 7) is 0. The normalized spacial score (nSPS) is 11.6. The molecule has 8 nitrogen and oxygen atoms in total. The number of pyridine rings is 1. The van der Waals surface area contributed by atoms with Crippen LogP contribution in [0.25, 0.3) is 16.9 Å². The van der Waals surface area contributed by atoms with Crippen LogP contribution in [0.15, 0.2) is 70.4 Å². The Morgan fingerprint density at radius 3 is 2.53 bits per heavy atom. The lowest BCUT2D eigenvalue weighted by Crippen LogP contribution is -2.16. The zero-order valence-electron chi connectivity index (χ0n) is 15.2. The van der Waals surface area contributed by atoms with Crippen LogP contribution in [0.4, 0.5) is 0 Å². The van der Waals surface area contributed by atoms with E-state index in [0.29, 0.717) is 11.1 Å². The molecule has 4 aromatic rings. The van der Waals surface area contributed by atoms with E-state index in [4.69, 9.17) is 11.6 Å². The zero-order valence-corrected chi connectivity index (χ0v) is 16.8. The maximum Gasteiger partial charge on any atom is 0.354 e. The van der Waals surface area contributed by atoms with Crippen LogP contribution in [0.5, 0.6) is 0 Å². The maximum absolute atomic E-state index is 12.9. The van der Waals surface area contributed by atoms with Gasteiger partial charge in [-0.05, 0) is 35.9 Å². The van der Waals surface area contributed by atoms with E-state index in [9.17, 15) is 23.1 Å². The van der Waals surface area contributed by atoms with E-state index >= 15 is 0 Å². The number of H-pyrrole nitrogens is 1. The van der Waals surface area contributed by atoms with Gasteiger partial charge in [-0.15, -0.1) is 0 Å². The molecule has 152 valence electrons. The summed E-state index contributed by atoms with van der Waals surface area (Å²) < 4.78 is 26.9. The van der Waals surface area contributed by atoms with Crippen molar-refractivity contribution in [3.8, 4) is 5.69 Å². The first kappa shape index (κ1) is 19.9. The van der Waals surface area contributed by atoms with E-state index in [0.717, 1.165) is 4.57 Å². The Kier molecular flexibility index (Phi) is 4.92. The number of aromatic carboxylic acids is 1. The summed E-state index contributed by atoms with van der Waals surface area (Å²) in [4.78, 5) is 30.3. The van der Waals surface area contributed by atoms with Gasteiger partial charge in [0.1, 0.15) is 0 Å². The molecule has 30 heavy (non-hydrogen) atoms. The van der Waals surface area contributed by atoms with Gasteiger partial charge in [-0.2, -0.15) is 0 Å². The third kappa shape index (κ3) is 3.60. The molecule has 0 fully saturated rings. The quantitative estimate of drug-likeness (QED) is 0.488. The van der Waals surface area contributed by atoms with Crippen molar-refractivity contribution in [3.63, 3.8) is 0 Å². The van der Waals surface area contributed by atoms with Crippen molar-refractivity contribution in [2.24, 2.45) is 0 Å². The molecule has 0 bridgehead atoms. The highest BCUT2D eigenvalue weighted by Gasteiger charge is 2.20. The molecule has 0 unspecified atom stereocenters. The van der Waals surface area contributed by atoms with Crippen molar-refractivity contribution < 1.29 is 18.3 Å². The van der Waals surface area contributed by atoms with E-state index < -0.39 is 21.5 Å². The number of hydrogen-bond acceptors (Lipinski definition) is 5.